The molecule has 0 aliphatic rings. The number of carbonyl (C=O) groups excluding carboxylic acids is 2. The predicted molar refractivity (Wildman–Crippen MR) is 78.0 cm³/mol. The molecule has 0 amide bonds. The van der Waals surface area contributed by atoms with Gasteiger partial charge in [0.15, 0.2) is 0 Å². The van der Waals surface area contributed by atoms with Gasteiger partial charge in [-0.05, 0) is 25.1 Å². The van der Waals surface area contributed by atoms with Gasteiger partial charge in [0.1, 0.15) is 11.5 Å². The first kappa shape index (κ1) is 16.3. The summed E-state index contributed by atoms with van der Waals surface area (Å²) in [6.45, 7) is 5.30. The Balaban J connectivity index is 3.04. The van der Waals surface area contributed by atoms with Gasteiger partial charge in [-0.3, -0.25) is 0 Å². The fourth-order valence-electron chi connectivity index (χ4n) is 1.44. The molecule has 0 atom stereocenters. The molecule has 0 spiro atoms. The average Bonchev–Trinajstić information content (AvgIpc) is 2.46. The van der Waals surface area contributed by atoms with Crippen molar-refractivity contribution in [2.75, 3.05) is 13.7 Å². The summed E-state index contributed by atoms with van der Waals surface area (Å²) in [4.78, 5) is 22.8. The predicted octanol–water partition coefficient (Wildman–Crippen LogP) is 2.52. The third kappa shape index (κ3) is 5.38. The van der Waals surface area contributed by atoms with Crippen LogP contribution in [0.2, 0.25) is 0 Å². The van der Waals surface area contributed by atoms with Crippen LogP contribution in [-0.4, -0.2) is 25.7 Å². The van der Waals surface area contributed by atoms with Crippen LogP contribution >= 0.6 is 0 Å². The molecule has 1 aromatic rings. The van der Waals surface area contributed by atoms with Gasteiger partial charge >= 0.3 is 11.9 Å². The fourth-order valence-corrected chi connectivity index (χ4v) is 1.44. The molecule has 0 aliphatic heterocycles. The minimum Gasteiger partial charge on any atom is -0.497 e. The van der Waals surface area contributed by atoms with Crippen LogP contribution in [0.4, 0.5) is 0 Å². The molecule has 5 heteroatoms. The molecule has 0 N–H and O–H groups in total. The highest BCUT2D eigenvalue weighted by atomic mass is 16.5. The molecule has 21 heavy (non-hydrogen) atoms. The molecule has 0 saturated carbocycles. The van der Waals surface area contributed by atoms with Crippen LogP contribution in [0.1, 0.15) is 12.5 Å². The second kappa shape index (κ2) is 8.40. The number of carbonyl (C=O) groups is 2. The number of esters is 2. The van der Waals surface area contributed by atoms with E-state index in [1.165, 1.54) is 19.3 Å². The Kier molecular flexibility index (Phi) is 6.51. The zero-order valence-electron chi connectivity index (χ0n) is 11.9. The summed E-state index contributed by atoms with van der Waals surface area (Å²) in [5, 5.41) is 0. The monoisotopic (exact) mass is 288 g/mol. The second-order valence-electron chi connectivity index (χ2n) is 3.76. The van der Waals surface area contributed by atoms with Gasteiger partial charge in [0.2, 0.25) is 0 Å². The van der Waals surface area contributed by atoms with Gasteiger partial charge in [-0.1, -0.05) is 6.58 Å². The Morgan fingerprint density at radius 2 is 2.10 bits per heavy atom. The number of ether oxygens (including phenoxy) is 3. The molecule has 0 fully saturated rings. The van der Waals surface area contributed by atoms with E-state index in [2.05, 4.69) is 12.3 Å². The summed E-state index contributed by atoms with van der Waals surface area (Å²) in [5.41, 5.74) is 2.87. The van der Waals surface area contributed by atoms with Crippen LogP contribution in [0.5, 0.6) is 11.5 Å². The standard InChI is InChI=1S/C16H16O5/c1-4-6-16(18)21-14-11-13(19-3)9-7-12(14)8-10-15(17)20-5-2/h6-11H,1,5H2,2-3H3/b10-8+. The van der Waals surface area contributed by atoms with E-state index in [0.29, 0.717) is 11.3 Å². The molecule has 0 aliphatic carbocycles. The lowest BCUT2D eigenvalue weighted by Crippen LogP contribution is -2.05. The third-order valence-corrected chi connectivity index (χ3v) is 2.34. The third-order valence-electron chi connectivity index (χ3n) is 2.34. The van der Waals surface area contributed by atoms with Gasteiger partial charge in [0, 0.05) is 17.7 Å². The molecule has 1 rings (SSSR count). The van der Waals surface area contributed by atoms with Crippen molar-refractivity contribution >= 4 is 18.0 Å². The largest absolute Gasteiger partial charge is 0.497 e. The molecule has 1 aromatic carbocycles. The van der Waals surface area contributed by atoms with E-state index in [9.17, 15) is 9.59 Å². The van der Waals surface area contributed by atoms with Crippen LogP contribution in [0.25, 0.3) is 6.08 Å². The Morgan fingerprint density at radius 1 is 1.33 bits per heavy atom. The summed E-state index contributed by atoms with van der Waals surface area (Å²) in [5.74, 6) is -0.319. The molecule has 0 unspecified atom stereocenters. The Labute approximate surface area is 123 Å². The minimum absolute atomic E-state index is 0.256. The normalized spacial score (nSPS) is 9.81. The average molecular weight is 288 g/mol. The van der Waals surface area contributed by atoms with Crippen LogP contribution in [0.15, 0.2) is 42.7 Å². The van der Waals surface area contributed by atoms with Crippen molar-refractivity contribution in [2.24, 2.45) is 0 Å². The Hall–Kier alpha value is -2.78. The summed E-state index contributed by atoms with van der Waals surface area (Å²) >= 11 is 0. The van der Waals surface area contributed by atoms with Crippen LogP contribution in [0.3, 0.4) is 0 Å². The molecular weight excluding hydrogens is 272 g/mol. The molecule has 0 aromatic heterocycles. The summed E-state index contributed by atoms with van der Waals surface area (Å²) in [6, 6.07) is 4.89. The quantitative estimate of drug-likeness (QED) is 0.348. The topological polar surface area (TPSA) is 61.8 Å². The van der Waals surface area contributed by atoms with Crippen molar-refractivity contribution in [3.8, 4) is 11.5 Å². The maximum absolute atomic E-state index is 11.5. The highest BCUT2D eigenvalue weighted by Gasteiger charge is 2.08. The van der Waals surface area contributed by atoms with Crippen molar-refractivity contribution in [1.29, 1.82) is 0 Å². The number of hydrogen-bond acceptors (Lipinski definition) is 5. The van der Waals surface area contributed by atoms with Gasteiger partial charge in [-0.15, -0.1) is 5.73 Å². The van der Waals surface area contributed by atoms with Crippen LogP contribution in [0, 0.1) is 0 Å². The summed E-state index contributed by atoms with van der Waals surface area (Å²) in [6.07, 6.45) is 3.82. The fraction of sp³-hybridized carbons (Fsp3) is 0.188. The van der Waals surface area contributed by atoms with Gasteiger partial charge < -0.3 is 14.2 Å². The number of benzene rings is 1. The smallest absolute Gasteiger partial charge is 0.343 e. The molecule has 0 bridgehead atoms. The highest BCUT2D eigenvalue weighted by Crippen LogP contribution is 2.26. The van der Waals surface area contributed by atoms with Gasteiger partial charge in [-0.25, -0.2) is 9.59 Å². The lowest BCUT2D eigenvalue weighted by atomic mass is 10.1. The van der Waals surface area contributed by atoms with E-state index in [1.807, 2.05) is 0 Å². The summed E-state index contributed by atoms with van der Waals surface area (Å²) < 4.78 is 15.0. The van der Waals surface area contributed by atoms with E-state index in [1.54, 1.807) is 25.1 Å². The van der Waals surface area contributed by atoms with Gasteiger partial charge in [0.05, 0.1) is 19.8 Å². The van der Waals surface area contributed by atoms with E-state index in [-0.39, 0.29) is 12.4 Å². The van der Waals surface area contributed by atoms with E-state index >= 15 is 0 Å². The maximum Gasteiger partial charge on any atom is 0.343 e. The molecule has 110 valence electrons. The molecule has 5 nitrogen and oxygen atoms in total. The van der Waals surface area contributed by atoms with Crippen LogP contribution < -0.4 is 9.47 Å². The van der Waals surface area contributed by atoms with Crippen LogP contribution in [-0.2, 0) is 14.3 Å². The van der Waals surface area contributed by atoms with Gasteiger partial charge in [0.25, 0.3) is 0 Å². The van der Waals surface area contributed by atoms with E-state index < -0.39 is 11.9 Å². The zero-order chi connectivity index (χ0) is 15.7. The van der Waals surface area contributed by atoms with Crippen molar-refractivity contribution in [3.05, 3.63) is 48.2 Å². The van der Waals surface area contributed by atoms with Gasteiger partial charge in [-0.2, -0.15) is 0 Å². The van der Waals surface area contributed by atoms with Crippen molar-refractivity contribution in [3.63, 3.8) is 0 Å². The summed E-state index contributed by atoms with van der Waals surface area (Å²) in [7, 11) is 1.50. The lowest BCUT2D eigenvalue weighted by molar-refractivity contribution is -0.137. The number of rotatable bonds is 6. The second-order valence-corrected chi connectivity index (χ2v) is 3.76. The first-order chi connectivity index (χ1) is 10.1. The number of hydrogen-bond donors (Lipinski definition) is 0. The highest BCUT2D eigenvalue weighted by molar-refractivity contribution is 5.88. The Morgan fingerprint density at radius 3 is 2.71 bits per heavy atom. The van der Waals surface area contributed by atoms with Crippen molar-refractivity contribution in [1.82, 2.24) is 0 Å². The molecule has 0 heterocycles. The molecule has 0 radical (unpaired) electrons. The minimum atomic E-state index is -0.621. The SMILES string of the molecule is C=C=CC(=O)Oc1cc(OC)ccc1/C=C/C(=O)OCC. The maximum atomic E-state index is 11.5. The Bertz CT molecular complexity index is 595. The van der Waals surface area contributed by atoms with E-state index in [4.69, 9.17) is 14.2 Å². The van der Waals surface area contributed by atoms with Crippen molar-refractivity contribution in [2.45, 2.75) is 6.92 Å². The molecular formula is C16H16O5. The first-order valence-electron chi connectivity index (χ1n) is 6.21. The zero-order valence-corrected chi connectivity index (χ0v) is 11.9. The number of methoxy groups -OCH3 is 1. The first-order valence-corrected chi connectivity index (χ1v) is 6.21. The molecule has 0 saturated heterocycles. The lowest BCUT2D eigenvalue weighted by Gasteiger charge is -2.08. The van der Waals surface area contributed by atoms with Crippen molar-refractivity contribution < 1.29 is 23.8 Å². The van der Waals surface area contributed by atoms with E-state index in [0.717, 1.165) is 6.08 Å².